The minimum Gasteiger partial charge on any atom is -0.364 e. The van der Waals surface area contributed by atoms with Crippen LogP contribution in [0.5, 0.6) is 0 Å². The van der Waals surface area contributed by atoms with E-state index in [9.17, 15) is 0 Å². The summed E-state index contributed by atoms with van der Waals surface area (Å²) in [6, 6.07) is 9.78. The van der Waals surface area contributed by atoms with Gasteiger partial charge in [-0.3, -0.25) is 9.89 Å². The summed E-state index contributed by atoms with van der Waals surface area (Å²) in [7, 11) is 1.82. The summed E-state index contributed by atoms with van der Waals surface area (Å²) < 4.78 is 4.89. The van der Waals surface area contributed by atoms with E-state index in [1.807, 2.05) is 37.4 Å². The van der Waals surface area contributed by atoms with Crippen molar-refractivity contribution < 1.29 is 4.52 Å². The van der Waals surface area contributed by atoms with E-state index in [2.05, 4.69) is 25.3 Å². The van der Waals surface area contributed by atoms with Crippen LogP contribution in [0.15, 0.2) is 46.1 Å². The molecule has 0 saturated carbocycles. The van der Waals surface area contributed by atoms with E-state index in [-0.39, 0.29) is 24.0 Å². The lowest BCUT2D eigenvalue weighted by molar-refractivity contribution is 0.169. The van der Waals surface area contributed by atoms with Crippen molar-refractivity contribution in [2.75, 3.05) is 33.2 Å². The van der Waals surface area contributed by atoms with E-state index < -0.39 is 0 Å². The van der Waals surface area contributed by atoms with Crippen LogP contribution in [0.25, 0.3) is 0 Å². The van der Waals surface area contributed by atoms with Crippen molar-refractivity contribution in [1.29, 1.82) is 0 Å². The van der Waals surface area contributed by atoms with Crippen LogP contribution >= 0.6 is 35.6 Å². The zero-order valence-electron chi connectivity index (χ0n) is 14.2. The van der Waals surface area contributed by atoms with Gasteiger partial charge in [-0.2, -0.15) is 0 Å². The van der Waals surface area contributed by atoms with Crippen molar-refractivity contribution in [2.24, 2.45) is 4.99 Å². The molecule has 1 aliphatic rings. The third-order valence-electron chi connectivity index (χ3n) is 4.16. The molecule has 136 valence electrons. The van der Waals surface area contributed by atoms with Crippen molar-refractivity contribution in [3.63, 3.8) is 0 Å². The zero-order valence-corrected chi connectivity index (χ0v) is 17.3. The van der Waals surface area contributed by atoms with Crippen molar-refractivity contribution in [2.45, 2.75) is 13.1 Å². The Morgan fingerprint density at radius 2 is 2.00 bits per heavy atom. The van der Waals surface area contributed by atoms with Crippen LogP contribution in [0.1, 0.15) is 11.3 Å². The molecule has 0 atom stereocenters. The third-order valence-corrected chi connectivity index (χ3v) is 4.52. The van der Waals surface area contributed by atoms with Gasteiger partial charge in [0, 0.05) is 57.4 Å². The number of aromatic nitrogens is 1. The third kappa shape index (κ3) is 5.58. The topological polar surface area (TPSA) is 56.9 Å². The average Bonchev–Trinajstić information content (AvgIpc) is 3.11. The van der Waals surface area contributed by atoms with Gasteiger partial charge < -0.3 is 14.7 Å². The van der Waals surface area contributed by atoms with E-state index in [1.54, 1.807) is 6.26 Å². The number of rotatable bonds is 4. The van der Waals surface area contributed by atoms with E-state index in [1.165, 1.54) is 0 Å². The molecule has 2 aromatic rings. The molecule has 0 unspecified atom stereocenters. The number of nitrogens with zero attached hydrogens (tertiary/aromatic N) is 4. The minimum absolute atomic E-state index is 0. The monoisotopic (exact) mass is 475 g/mol. The highest BCUT2D eigenvalue weighted by molar-refractivity contribution is 14.0. The molecular formula is C17H23ClIN5O. The van der Waals surface area contributed by atoms with Crippen LogP contribution < -0.4 is 5.32 Å². The van der Waals surface area contributed by atoms with E-state index >= 15 is 0 Å². The van der Waals surface area contributed by atoms with Gasteiger partial charge in [0.15, 0.2) is 5.96 Å². The number of piperazine rings is 1. The van der Waals surface area contributed by atoms with Gasteiger partial charge in [0.1, 0.15) is 6.26 Å². The molecule has 8 heteroatoms. The Labute approximate surface area is 170 Å². The fourth-order valence-electron chi connectivity index (χ4n) is 2.81. The van der Waals surface area contributed by atoms with Gasteiger partial charge >= 0.3 is 0 Å². The fraction of sp³-hybridized carbons (Fsp3) is 0.412. The van der Waals surface area contributed by atoms with Crippen molar-refractivity contribution in [3.05, 3.63) is 52.9 Å². The van der Waals surface area contributed by atoms with Crippen LogP contribution in [-0.2, 0) is 13.1 Å². The van der Waals surface area contributed by atoms with Crippen LogP contribution in [0.4, 0.5) is 0 Å². The summed E-state index contributed by atoms with van der Waals surface area (Å²) in [5, 5.41) is 8.15. The Morgan fingerprint density at radius 3 is 2.64 bits per heavy atom. The highest BCUT2D eigenvalue weighted by Gasteiger charge is 2.20. The lowest BCUT2D eigenvalue weighted by Crippen LogP contribution is -2.52. The largest absolute Gasteiger partial charge is 0.364 e. The zero-order chi connectivity index (χ0) is 16.8. The summed E-state index contributed by atoms with van der Waals surface area (Å²) in [6.45, 7) is 5.31. The number of aliphatic imine (C=N–C) groups is 1. The standard InChI is InChI=1S/C17H22ClN5O.HI/c1-19-17(20-12-14-4-2-3-5-16(14)18)23-9-7-22(8-10-23)13-15-6-11-24-21-15;/h2-6,11H,7-10,12-13H2,1H3,(H,19,20);1H. The lowest BCUT2D eigenvalue weighted by atomic mass is 10.2. The minimum atomic E-state index is 0. The first kappa shape index (κ1) is 20.0. The highest BCUT2D eigenvalue weighted by atomic mass is 127. The Morgan fingerprint density at radius 1 is 1.24 bits per heavy atom. The molecule has 1 fully saturated rings. The quantitative estimate of drug-likeness (QED) is 0.419. The van der Waals surface area contributed by atoms with Crippen LogP contribution in [-0.4, -0.2) is 54.1 Å². The van der Waals surface area contributed by atoms with E-state index in [4.69, 9.17) is 16.1 Å². The highest BCUT2D eigenvalue weighted by Crippen LogP contribution is 2.14. The van der Waals surface area contributed by atoms with Crippen LogP contribution in [0.3, 0.4) is 0 Å². The number of hydrogen-bond acceptors (Lipinski definition) is 4. The van der Waals surface area contributed by atoms with Gasteiger partial charge in [0.05, 0.1) is 5.69 Å². The van der Waals surface area contributed by atoms with Gasteiger partial charge in [-0.15, -0.1) is 24.0 Å². The molecule has 6 nitrogen and oxygen atoms in total. The van der Waals surface area contributed by atoms with Crippen molar-refractivity contribution in [3.8, 4) is 0 Å². The Hall–Kier alpha value is -1.32. The molecule has 2 heterocycles. The SMILES string of the molecule is CN=C(NCc1ccccc1Cl)N1CCN(Cc2ccon2)CC1.I. The average molecular weight is 476 g/mol. The predicted octanol–water partition coefficient (Wildman–Crippen LogP) is 2.84. The smallest absolute Gasteiger partial charge is 0.194 e. The number of hydrogen-bond donors (Lipinski definition) is 1. The van der Waals surface area contributed by atoms with Gasteiger partial charge in [0.25, 0.3) is 0 Å². The maximum Gasteiger partial charge on any atom is 0.194 e. The van der Waals surface area contributed by atoms with Gasteiger partial charge in [0.2, 0.25) is 0 Å². The molecule has 1 aromatic heterocycles. The molecule has 0 aliphatic carbocycles. The molecule has 0 radical (unpaired) electrons. The van der Waals surface area contributed by atoms with Gasteiger partial charge in [-0.1, -0.05) is 35.0 Å². The normalized spacial score (nSPS) is 15.8. The second-order valence-corrected chi connectivity index (χ2v) is 6.15. The summed E-state index contributed by atoms with van der Waals surface area (Å²) in [4.78, 5) is 9.04. The fourth-order valence-corrected chi connectivity index (χ4v) is 3.02. The molecule has 1 saturated heterocycles. The Balaban J connectivity index is 0.00000225. The molecule has 0 bridgehead atoms. The van der Waals surface area contributed by atoms with Gasteiger partial charge in [-0.05, 0) is 11.6 Å². The molecular weight excluding hydrogens is 453 g/mol. The number of halogens is 2. The van der Waals surface area contributed by atoms with Gasteiger partial charge in [-0.25, -0.2) is 0 Å². The molecule has 3 rings (SSSR count). The van der Waals surface area contributed by atoms with Crippen molar-refractivity contribution in [1.82, 2.24) is 20.3 Å². The first-order chi connectivity index (χ1) is 11.8. The second-order valence-electron chi connectivity index (χ2n) is 5.75. The molecule has 0 amide bonds. The number of guanidine groups is 1. The molecule has 1 aromatic carbocycles. The van der Waals surface area contributed by atoms with E-state index in [0.29, 0.717) is 6.54 Å². The first-order valence-electron chi connectivity index (χ1n) is 8.07. The summed E-state index contributed by atoms with van der Waals surface area (Å²) in [5.41, 5.74) is 2.05. The maximum absolute atomic E-state index is 6.21. The summed E-state index contributed by atoms with van der Waals surface area (Å²) in [6.07, 6.45) is 1.62. The van der Waals surface area contributed by atoms with E-state index in [0.717, 1.165) is 55.0 Å². The summed E-state index contributed by atoms with van der Waals surface area (Å²) >= 11 is 6.21. The predicted molar refractivity (Wildman–Crippen MR) is 110 cm³/mol. The molecule has 25 heavy (non-hydrogen) atoms. The number of benzene rings is 1. The van der Waals surface area contributed by atoms with Crippen LogP contribution in [0.2, 0.25) is 5.02 Å². The lowest BCUT2D eigenvalue weighted by Gasteiger charge is -2.36. The Kier molecular flexibility index (Phi) is 7.98. The molecule has 1 N–H and O–H groups in total. The molecule has 0 spiro atoms. The number of nitrogens with one attached hydrogen (secondary N) is 1. The second kappa shape index (κ2) is 9.98. The van der Waals surface area contributed by atoms with Crippen molar-refractivity contribution >= 4 is 41.5 Å². The Bertz CT molecular complexity index is 671. The summed E-state index contributed by atoms with van der Waals surface area (Å²) in [5.74, 6) is 0.913. The molecule has 1 aliphatic heterocycles. The van der Waals surface area contributed by atoms with Crippen LogP contribution in [0, 0.1) is 0 Å². The first-order valence-corrected chi connectivity index (χ1v) is 8.44. The maximum atomic E-state index is 6.21.